The molecule has 0 aliphatic carbocycles. The number of anilines is 4. The number of ether oxygens (including phenoxy) is 1. The molecule has 2 rings (SSSR count). The number of carbonyl (C=O) groups is 1. The summed E-state index contributed by atoms with van der Waals surface area (Å²) >= 11 is 0. The van der Waals surface area contributed by atoms with E-state index < -0.39 is 11.7 Å². The average Bonchev–Trinajstić information content (AvgIpc) is 2.41. The first kappa shape index (κ1) is 15.6. The topological polar surface area (TPSA) is 89.3 Å². The van der Waals surface area contributed by atoms with Gasteiger partial charge in [0.25, 0.3) is 0 Å². The first-order chi connectivity index (χ1) is 10.3. The maximum atomic E-state index is 11.7. The van der Waals surface area contributed by atoms with Crippen molar-refractivity contribution in [1.29, 1.82) is 0 Å². The largest absolute Gasteiger partial charge is 0.444 e. The predicted octanol–water partition coefficient (Wildman–Crippen LogP) is 3.75. The van der Waals surface area contributed by atoms with Gasteiger partial charge in [-0.1, -0.05) is 0 Å². The molecule has 0 radical (unpaired) electrons. The highest BCUT2D eigenvalue weighted by Crippen LogP contribution is 2.23. The zero-order chi connectivity index (χ0) is 16.2. The van der Waals surface area contributed by atoms with Gasteiger partial charge in [-0.15, -0.1) is 0 Å². The molecule has 6 heteroatoms. The molecule has 0 atom stereocenters. The van der Waals surface area contributed by atoms with Crippen LogP contribution in [0.25, 0.3) is 0 Å². The molecule has 22 heavy (non-hydrogen) atoms. The highest BCUT2D eigenvalue weighted by molar-refractivity contribution is 5.85. The normalized spacial score (nSPS) is 10.9. The molecule has 2 aromatic rings. The summed E-state index contributed by atoms with van der Waals surface area (Å²) in [4.78, 5) is 15.6. The van der Waals surface area contributed by atoms with Crippen molar-refractivity contribution in [3.05, 3.63) is 42.7 Å². The van der Waals surface area contributed by atoms with Crippen molar-refractivity contribution in [1.82, 2.24) is 4.98 Å². The van der Waals surface area contributed by atoms with E-state index in [9.17, 15) is 4.79 Å². The van der Waals surface area contributed by atoms with Crippen LogP contribution < -0.4 is 16.4 Å². The number of nitrogen functional groups attached to an aromatic ring is 1. The number of benzene rings is 1. The maximum Gasteiger partial charge on any atom is 0.412 e. The molecule has 0 bridgehead atoms. The quantitative estimate of drug-likeness (QED) is 0.803. The molecular weight excluding hydrogens is 280 g/mol. The van der Waals surface area contributed by atoms with E-state index in [0.29, 0.717) is 11.4 Å². The van der Waals surface area contributed by atoms with E-state index in [1.54, 1.807) is 30.6 Å². The van der Waals surface area contributed by atoms with Gasteiger partial charge in [-0.25, -0.2) is 4.79 Å². The smallest absolute Gasteiger partial charge is 0.412 e. The van der Waals surface area contributed by atoms with Crippen LogP contribution in [0.15, 0.2) is 42.7 Å². The molecule has 0 saturated carbocycles. The summed E-state index contributed by atoms with van der Waals surface area (Å²) in [5, 5.41) is 5.86. The highest BCUT2D eigenvalue weighted by atomic mass is 16.6. The standard InChI is InChI=1S/C16H20N4O2/c1-16(2,3)22-15(21)20-12-6-4-11(5-7-12)19-14-8-9-18-10-13(14)17/h4-10H,17H2,1-3H3,(H,18,19)(H,20,21). The fourth-order valence-corrected chi connectivity index (χ4v) is 1.73. The van der Waals surface area contributed by atoms with E-state index in [-0.39, 0.29) is 0 Å². The molecular formula is C16H20N4O2. The highest BCUT2D eigenvalue weighted by Gasteiger charge is 2.16. The minimum Gasteiger partial charge on any atom is -0.444 e. The molecule has 0 fully saturated rings. The minimum absolute atomic E-state index is 0.480. The number of pyridine rings is 1. The van der Waals surface area contributed by atoms with Crippen LogP contribution in [0.2, 0.25) is 0 Å². The zero-order valence-corrected chi connectivity index (χ0v) is 12.9. The Hall–Kier alpha value is -2.76. The Kier molecular flexibility index (Phi) is 4.50. The summed E-state index contributed by atoms with van der Waals surface area (Å²) in [7, 11) is 0. The summed E-state index contributed by atoms with van der Waals surface area (Å²) in [5.41, 5.74) is 8.16. The summed E-state index contributed by atoms with van der Waals surface area (Å²) in [6, 6.07) is 9.04. The fraction of sp³-hybridized carbons (Fsp3) is 0.250. The van der Waals surface area contributed by atoms with Crippen LogP contribution in [0.5, 0.6) is 0 Å². The second-order valence-corrected chi connectivity index (χ2v) is 5.79. The Bertz CT molecular complexity index is 648. The van der Waals surface area contributed by atoms with Gasteiger partial charge in [0.1, 0.15) is 5.60 Å². The van der Waals surface area contributed by atoms with Crippen molar-refractivity contribution in [3.8, 4) is 0 Å². The third-order valence-corrected chi connectivity index (χ3v) is 2.66. The lowest BCUT2D eigenvalue weighted by Crippen LogP contribution is -2.27. The van der Waals surface area contributed by atoms with Crippen molar-refractivity contribution < 1.29 is 9.53 Å². The van der Waals surface area contributed by atoms with E-state index in [2.05, 4.69) is 15.6 Å². The van der Waals surface area contributed by atoms with Crippen LogP contribution in [0.1, 0.15) is 20.8 Å². The summed E-state index contributed by atoms with van der Waals surface area (Å²) in [6.07, 6.45) is 2.77. The number of nitrogens with two attached hydrogens (primary N) is 1. The first-order valence-corrected chi connectivity index (χ1v) is 6.90. The van der Waals surface area contributed by atoms with Crippen molar-refractivity contribution in [2.24, 2.45) is 0 Å². The monoisotopic (exact) mass is 300 g/mol. The number of hydrogen-bond donors (Lipinski definition) is 3. The molecule has 0 saturated heterocycles. The maximum absolute atomic E-state index is 11.7. The fourth-order valence-electron chi connectivity index (χ4n) is 1.73. The second-order valence-electron chi connectivity index (χ2n) is 5.79. The van der Waals surface area contributed by atoms with Gasteiger partial charge in [0.05, 0.1) is 17.6 Å². The molecule has 0 aliphatic rings. The third kappa shape index (κ3) is 4.66. The molecule has 4 N–H and O–H groups in total. The molecule has 1 aromatic heterocycles. The number of amides is 1. The van der Waals surface area contributed by atoms with E-state index in [1.165, 1.54) is 0 Å². The van der Waals surface area contributed by atoms with Crippen LogP contribution in [0.3, 0.4) is 0 Å². The van der Waals surface area contributed by atoms with Gasteiger partial charge in [0.2, 0.25) is 0 Å². The third-order valence-electron chi connectivity index (χ3n) is 2.66. The lowest BCUT2D eigenvalue weighted by molar-refractivity contribution is 0.0636. The molecule has 0 unspecified atom stereocenters. The van der Waals surface area contributed by atoms with Crippen LogP contribution in [0, 0.1) is 0 Å². The Morgan fingerprint density at radius 2 is 1.77 bits per heavy atom. The van der Waals surface area contributed by atoms with Crippen molar-refractivity contribution in [2.75, 3.05) is 16.4 Å². The van der Waals surface area contributed by atoms with Gasteiger partial charge in [-0.2, -0.15) is 0 Å². The van der Waals surface area contributed by atoms with Gasteiger partial charge in [0, 0.05) is 17.6 Å². The van der Waals surface area contributed by atoms with E-state index in [4.69, 9.17) is 10.5 Å². The molecule has 1 aromatic carbocycles. The second kappa shape index (κ2) is 6.34. The molecule has 1 amide bonds. The summed E-state index contributed by atoms with van der Waals surface area (Å²) < 4.78 is 5.19. The molecule has 116 valence electrons. The van der Waals surface area contributed by atoms with Crippen LogP contribution in [0.4, 0.5) is 27.5 Å². The van der Waals surface area contributed by atoms with Crippen molar-refractivity contribution >= 4 is 28.8 Å². The number of nitrogens with zero attached hydrogens (tertiary/aromatic N) is 1. The SMILES string of the molecule is CC(C)(C)OC(=O)Nc1ccc(Nc2ccncc2N)cc1. The predicted molar refractivity (Wildman–Crippen MR) is 88.2 cm³/mol. The van der Waals surface area contributed by atoms with Gasteiger partial charge in [-0.3, -0.25) is 10.3 Å². The van der Waals surface area contributed by atoms with Crippen molar-refractivity contribution in [3.63, 3.8) is 0 Å². The Labute approximate surface area is 129 Å². The minimum atomic E-state index is -0.523. The molecule has 0 aliphatic heterocycles. The number of rotatable bonds is 3. The first-order valence-electron chi connectivity index (χ1n) is 6.90. The number of nitrogens with one attached hydrogen (secondary N) is 2. The Morgan fingerprint density at radius 1 is 1.14 bits per heavy atom. The van der Waals surface area contributed by atoms with Gasteiger partial charge in [0.15, 0.2) is 0 Å². The average molecular weight is 300 g/mol. The van der Waals surface area contributed by atoms with Gasteiger partial charge >= 0.3 is 6.09 Å². The number of hydrogen-bond acceptors (Lipinski definition) is 5. The number of carbonyl (C=O) groups excluding carboxylic acids is 1. The molecule has 0 spiro atoms. The van der Waals surface area contributed by atoms with E-state index >= 15 is 0 Å². The number of aromatic nitrogens is 1. The van der Waals surface area contributed by atoms with Gasteiger partial charge < -0.3 is 15.8 Å². The summed E-state index contributed by atoms with van der Waals surface area (Å²) in [6.45, 7) is 5.45. The Morgan fingerprint density at radius 3 is 2.36 bits per heavy atom. The zero-order valence-electron chi connectivity index (χ0n) is 12.9. The lowest BCUT2D eigenvalue weighted by atomic mass is 10.2. The molecule has 1 heterocycles. The van der Waals surface area contributed by atoms with Crippen molar-refractivity contribution in [2.45, 2.75) is 26.4 Å². The van der Waals surface area contributed by atoms with Crippen LogP contribution in [-0.2, 0) is 4.74 Å². The van der Waals surface area contributed by atoms with Crippen LogP contribution >= 0.6 is 0 Å². The molecule has 6 nitrogen and oxygen atoms in total. The lowest BCUT2D eigenvalue weighted by Gasteiger charge is -2.19. The van der Waals surface area contributed by atoms with Gasteiger partial charge in [-0.05, 0) is 51.1 Å². The summed E-state index contributed by atoms with van der Waals surface area (Å²) in [5.74, 6) is 0. The van der Waals surface area contributed by atoms with E-state index in [1.807, 2.05) is 32.9 Å². The Balaban J connectivity index is 1.99. The van der Waals surface area contributed by atoms with E-state index in [0.717, 1.165) is 11.4 Å². The van der Waals surface area contributed by atoms with Crippen LogP contribution in [-0.4, -0.2) is 16.7 Å².